The average Bonchev–Trinajstić information content (AvgIpc) is 2.77. The third-order valence-corrected chi connectivity index (χ3v) is 4.42. The van der Waals surface area contributed by atoms with Crippen LogP contribution in [0.4, 0.5) is 0 Å². The van der Waals surface area contributed by atoms with Crippen LogP contribution in [0.5, 0.6) is 0 Å². The monoisotopic (exact) mass is 224 g/mol. The van der Waals surface area contributed by atoms with Gasteiger partial charge in [-0.1, -0.05) is 12.8 Å². The Hall–Kier alpha value is -0.770. The highest BCUT2D eigenvalue weighted by Crippen LogP contribution is 2.36. The highest BCUT2D eigenvalue weighted by molar-refractivity contribution is 8.00. The average molecular weight is 224 g/mol. The molecule has 3 nitrogen and oxygen atoms in total. The number of thioether (sulfide) groups is 1. The largest absolute Gasteiger partial charge is 0.298 e. The summed E-state index contributed by atoms with van der Waals surface area (Å²) in [4.78, 5) is 11.0. The van der Waals surface area contributed by atoms with E-state index in [2.05, 4.69) is 5.10 Å². The van der Waals surface area contributed by atoms with E-state index in [9.17, 15) is 4.79 Å². The zero-order valence-corrected chi connectivity index (χ0v) is 10.0. The van der Waals surface area contributed by atoms with Gasteiger partial charge in [0, 0.05) is 12.3 Å². The van der Waals surface area contributed by atoms with Gasteiger partial charge in [0.1, 0.15) is 5.03 Å². The lowest BCUT2D eigenvalue weighted by Gasteiger charge is -2.08. The van der Waals surface area contributed by atoms with Gasteiger partial charge in [0.05, 0.1) is 11.3 Å². The number of aromatic nitrogens is 2. The Morgan fingerprint density at radius 2 is 2.13 bits per heavy atom. The molecule has 0 N–H and O–H groups in total. The molecule has 0 radical (unpaired) electrons. The van der Waals surface area contributed by atoms with E-state index in [-0.39, 0.29) is 0 Å². The molecule has 4 heteroatoms. The molecular weight excluding hydrogens is 208 g/mol. The summed E-state index contributed by atoms with van der Waals surface area (Å²) < 4.78 is 1.84. The fourth-order valence-electron chi connectivity index (χ4n) is 2.09. The molecule has 0 unspecified atom stereocenters. The lowest BCUT2D eigenvalue weighted by molar-refractivity contribution is 0.112. The van der Waals surface area contributed by atoms with Crippen molar-refractivity contribution in [2.75, 3.05) is 0 Å². The van der Waals surface area contributed by atoms with Crippen molar-refractivity contribution in [1.29, 1.82) is 0 Å². The molecule has 0 bridgehead atoms. The number of hydrogen-bond donors (Lipinski definition) is 0. The van der Waals surface area contributed by atoms with Crippen molar-refractivity contribution >= 4 is 18.0 Å². The van der Waals surface area contributed by atoms with E-state index in [0.29, 0.717) is 5.25 Å². The Balaban J connectivity index is 2.22. The van der Waals surface area contributed by atoms with Gasteiger partial charge in [0.25, 0.3) is 0 Å². The van der Waals surface area contributed by atoms with Gasteiger partial charge in [-0.2, -0.15) is 5.10 Å². The molecule has 15 heavy (non-hydrogen) atoms. The molecule has 0 aromatic carbocycles. The van der Waals surface area contributed by atoms with Crippen LogP contribution in [0.1, 0.15) is 41.7 Å². The SMILES string of the molecule is Cc1nn(C)c(SC2CCCC2)c1C=O. The maximum absolute atomic E-state index is 11.0. The Morgan fingerprint density at radius 3 is 2.73 bits per heavy atom. The molecule has 1 aliphatic carbocycles. The molecule has 1 fully saturated rings. The number of hydrogen-bond acceptors (Lipinski definition) is 3. The zero-order valence-electron chi connectivity index (χ0n) is 9.19. The van der Waals surface area contributed by atoms with Crippen molar-refractivity contribution in [1.82, 2.24) is 9.78 Å². The van der Waals surface area contributed by atoms with Gasteiger partial charge < -0.3 is 0 Å². The summed E-state index contributed by atoms with van der Waals surface area (Å²) in [6.07, 6.45) is 6.12. The van der Waals surface area contributed by atoms with E-state index >= 15 is 0 Å². The molecular formula is C11H16N2OS. The second kappa shape index (κ2) is 4.39. The maximum atomic E-state index is 11.0. The highest BCUT2D eigenvalue weighted by Gasteiger charge is 2.21. The number of rotatable bonds is 3. The van der Waals surface area contributed by atoms with Gasteiger partial charge in [-0.25, -0.2) is 0 Å². The van der Waals surface area contributed by atoms with Gasteiger partial charge >= 0.3 is 0 Å². The molecule has 1 saturated carbocycles. The van der Waals surface area contributed by atoms with Crippen LogP contribution in [-0.4, -0.2) is 21.3 Å². The Morgan fingerprint density at radius 1 is 1.47 bits per heavy atom. The first-order valence-electron chi connectivity index (χ1n) is 5.38. The molecule has 0 aliphatic heterocycles. The van der Waals surface area contributed by atoms with Gasteiger partial charge in [0.15, 0.2) is 6.29 Å². The molecule has 2 rings (SSSR count). The molecule has 1 heterocycles. The van der Waals surface area contributed by atoms with Crippen LogP contribution in [-0.2, 0) is 7.05 Å². The first-order chi connectivity index (χ1) is 7.22. The Kier molecular flexibility index (Phi) is 3.14. The standard InChI is InChI=1S/C11H16N2OS/c1-8-10(7-14)11(13(2)12-8)15-9-5-3-4-6-9/h7,9H,3-6H2,1-2H3. The summed E-state index contributed by atoms with van der Waals surface area (Å²) in [6, 6.07) is 0. The molecule has 1 aliphatic rings. The third kappa shape index (κ3) is 2.09. The molecule has 0 saturated heterocycles. The Bertz CT molecular complexity index is 367. The van der Waals surface area contributed by atoms with Crippen LogP contribution in [0, 0.1) is 6.92 Å². The smallest absolute Gasteiger partial charge is 0.154 e. The fourth-order valence-corrected chi connectivity index (χ4v) is 3.49. The van der Waals surface area contributed by atoms with Gasteiger partial charge in [-0.15, -0.1) is 11.8 Å². The second-order valence-electron chi connectivity index (χ2n) is 4.07. The summed E-state index contributed by atoms with van der Waals surface area (Å²) in [5, 5.41) is 6.00. The van der Waals surface area contributed by atoms with Gasteiger partial charge in [-0.3, -0.25) is 9.48 Å². The minimum atomic E-state index is 0.679. The summed E-state index contributed by atoms with van der Waals surface area (Å²) in [7, 11) is 1.91. The summed E-state index contributed by atoms with van der Waals surface area (Å²) in [5.74, 6) is 0. The van der Waals surface area contributed by atoms with Crippen molar-refractivity contribution < 1.29 is 4.79 Å². The van der Waals surface area contributed by atoms with Crippen LogP contribution < -0.4 is 0 Å². The number of carbonyl (C=O) groups is 1. The van der Waals surface area contributed by atoms with E-state index in [1.54, 1.807) is 0 Å². The van der Waals surface area contributed by atoms with Gasteiger partial charge in [-0.05, 0) is 19.8 Å². The van der Waals surface area contributed by atoms with Crippen LogP contribution in [0.2, 0.25) is 0 Å². The number of carbonyl (C=O) groups excluding carboxylic acids is 1. The molecule has 0 amide bonds. The van der Waals surface area contributed by atoms with E-state index in [0.717, 1.165) is 22.6 Å². The van der Waals surface area contributed by atoms with E-state index in [1.807, 2.05) is 30.4 Å². The third-order valence-electron chi connectivity index (χ3n) is 2.91. The first-order valence-corrected chi connectivity index (χ1v) is 6.25. The molecule has 82 valence electrons. The number of aryl methyl sites for hydroxylation is 2. The summed E-state index contributed by atoms with van der Waals surface area (Å²) in [6.45, 7) is 1.89. The highest BCUT2D eigenvalue weighted by atomic mass is 32.2. The van der Waals surface area contributed by atoms with Crippen molar-refractivity contribution in [3.63, 3.8) is 0 Å². The second-order valence-corrected chi connectivity index (χ2v) is 5.36. The van der Waals surface area contributed by atoms with Crippen LogP contribution in [0.3, 0.4) is 0 Å². The lowest BCUT2D eigenvalue weighted by atomic mass is 10.3. The topological polar surface area (TPSA) is 34.9 Å². The van der Waals surface area contributed by atoms with E-state index in [4.69, 9.17) is 0 Å². The minimum absolute atomic E-state index is 0.679. The van der Waals surface area contributed by atoms with E-state index in [1.165, 1.54) is 25.7 Å². The first kappa shape index (κ1) is 10.7. The molecule has 0 atom stereocenters. The normalized spacial score (nSPS) is 17.2. The van der Waals surface area contributed by atoms with Crippen molar-refractivity contribution in [2.24, 2.45) is 7.05 Å². The maximum Gasteiger partial charge on any atom is 0.154 e. The summed E-state index contributed by atoms with van der Waals surface area (Å²) >= 11 is 1.82. The van der Waals surface area contributed by atoms with Gasteiger partial charge in [0.2, 0.25) is 0 Å². The van der Waals surface area contributed by atoms with Crippen LogP contribution in [0.15, 0.2) is 5.03 Å². The summed E-state index contributed by atoms with van der Waals surface area (Å²) in [5.41, 5.74) is 1.61. The number of aldehydes is 1. The van der Waals surface area contributed by atoms with Crippen molar-refractivity contribution in [3.05, 3.63) is 11.3 Å². The van der Waals surface area contributed by atoms with Crippen molar-refractivity contribution in [2.45, 2.75) is 42.9 Å². The molecule has 1 aromatic rings. The molecule has 0 spiro atoms. The van der Waals surface area contributed by atoms with Crippen LogP contribution in [0.25, 0.3) is 0 Å². The predicted octanol–water partition coefficient (Wildman–Crippen LogP) is 2.58. The lowest BCUT2D eigenvalue weighted by Crippen LogP contribution is -2.00. The Labute approximate surface area is 94.2 Å². The van der Waals surface area contributed by atoms with Crippen LogP contribution >= 0.6 is 11.8 Å². The number of nitrogens with zero attached hydrogens (tertiary/aromatic N) is 2. The fraction of sp³-hybridized carbons (Fsp3) is 0.636. The minimum Gasteiger partial charge on any atom is -0.298 e. The van der Waals surface area contributed by atoms with Crippen molar-refractivity contribution in [3.8, 4) is 0 Å². The quantitative estimate of drug-likeness (QED) is 0.740. The predicted molar refractivity (Wildman–Crippen MR) is 61.4 cm³/mol. The van der Waals surface area contributed by atoms with E-state index < -0.39 is 0 Å². The zero-order chi connectivity index (χ0) is 10.8. The molecule has 1 aromatic heterocycles.